The highest BCUT2D eigenvalue weighted by Crippen LogP contribution is 2.30. The normalized spacial score (nSPS) is 18.5. The molecule has 10 heteroatoms. The number of anilines is 1. The van der Waals surface area contributed by atoms with Gasteiger partial charge in [-0.2, -0.15) is 17.5 Å². The summed E-state index contributed by atoms with van der Waals surface area (Å²) in [5.74, 6) is 0.151. The molecule has 2 aliphatic rings. The van der Waals surface area contributed by atoms with Crippen LogP contribution in [0.4, 0.5) is 19.0 Å². The van der Waals surface area contributed by atoms with E-state index in [0.717, 1.165) is 43.6 Å². The van der Waals surface area contributed by atoms with Crippen LogP contribution >= 0.6 is 0 Å². The van der Waals surface area contributed by atoms with Crippen LogP contribution < -0.4 is 4.90 Å². The SMILES string of the molecule is O=S(=O)(c1ccc2c(c1)CCCC2)N1CCN(c2cc(C(F)(F)F)ncn2)CC1. The zero-order valence-electron chi connectivity index (χ0n) is 15.7. The summed E-state index contributed by atoms with van der Waals surface area (Å²) in [5.41, 5.74) is 1.30. The Morgan fingerprint density at radius 1 is 0.897 bits per heavy atom. The predicted octanol–water partition coefficient (Wildman–Crippen LogP) is 2.89. The number of hydrogen-bond acceptors (Lipinski definition) is 5. The van der Waals surface area contributed by atoms with Crippen molar-refractivity contribution in [3.05, 3.63) is 47.4 Å². The highest BCUT2D eigenvalue weighted by Gasteiger charge is 2.34. The van der Waals surface area contributed by atoms with Gasteiger partial charge < -0.3 is 4.90 Å². The van der Waals surface area contributed by atoms with Crippen molar-refractivity contribution in [2.75, 3.05) is 31.1 Å². The first-order valence-corrected chi connectivity index (χ1v) is 11.0. The fourth-order valence-corrected chi connectivity index (χ4v) is 5.33. The molecular formula is C19H21F3N4O2S. The average Bonchev–Trinajstić information content (AvgIpc) is 2.73. The average molecular weight is 426 g/mol. The molecule has 29 heavy (non-hydrogen) atoms. The molecule has 0 bridgehead atoms. The Morgan fingerprint density at radius 3 is 2.28 bits per heavy atom. The Labute approximate surface area is 167 Å². The van der Waals surface area contributed by atoms with Crippen LogP contribution in [0.5, 0.6) is 0 Å². The fourth-order valence-electron chi connectivity index (χ4n) is 3.85. The molecule has 0 atom stereocenters. The Morgan fingerprint density at radius 2 is 1.59 bits per heavy atom. The van der Waals surface area contributed by atoms with Gasteiger partial charge in [-0.25, -0.2) is 18.4 Å². The van der Waals surface area contributed by atoms with Gasteiger partial charge in [0.15, 0.2) is 0 Å². The third kappa shape index (κ3) is 4.09. The van der Waals surface area contributed by atoms with Gasteiger partial charge in [-0.05, 0) is 48.9 Å². The Bertz CT molecular complexity index is 1000. The first-order valence-electron chi connectivity index (χ1n) is 9.51. The predicted molar refractivity (Wildman–Crippen MR) is 101 cm³/mol. The Hall–Kier alpha value is -2.20. The molecule has 1 aliphatic heterocycles. The molecule has 1 aromatic carbocycles. The van der Waals surface area contributed by atoms with Gasteiger partial charge >= 0.3 is 6.18 Å². The van der Waals surface area contributed by atoms with Crippen LogP contribution in [-0.4, -0.2) is 48.9 Å². The molecule has 0 spiro atoms. The molecule has 156 valence electrons. The minimum Gasteiger partial charge on any atom is -0.354 e. The highest BCUT2D eigenvalue weighted by molar-refractivity contribution is 7.89. The molecule has 1 aromatic heterocycles. The number of rotatable bonds is 3. The molecule has 1 aliphatic carbocycles. The van der Waals surface area contributed by atoms with Crippen molar-refractivity contribution in [3.63, 3.8) is 0 Å². The second-order valence-electron chi connectivity index (χ2n) is 7.29. The summed E-state index contributed by atoms with van der Waals surface area (Å²) < 4.78 is 66.1. The molecule has 0 unspecified atom stereocenters. The molecule has 6 nitrogen and oxygen atoms in total. The lowest BCUT2D eigenvalue weighted by Gasteiger charge is -2.34. The monoisotopic (exact) mass is 426 g/mol. The van der Waals surface area contributed by atoms with E-state index in [-0.39, 0.29) is 36.9 Å². The lowest BCUT2D eigenvalue weighted by atomic mass is 9.92. The summed E-state index contributed by atoms with van der Waals surface area (Å²) in [6.45, 7) is 0.895. The summed E-state index contributed by atoms with van der Waals surface area (Å²) >= 11 is 0. The maximum absolute atomic E-state index is 13.0. The quantitative estimate of drug-likeness (QED) is 0.755. The van der Waals surface area contributed by atoms with Crippen LogP contribution in [0.25, 0.3) is 0 Å². The van der Waals surface area contributed by atoms with Crippen molar-refractivity contribution in [2.45, 2.75) is 36.8 Å². The summed E-state index contributed by atoms with van der Waals surface area (Å²) in [6, 6.07) is 6.23. The Kier molecular flexibility index (Phi) is 5.24. The van der Waals surface area contributed by atoms with E-state index >= 15 is 0 Å². The lowest BCUT2D eigenvalue weighted by Crippen LogP contribution is -2.49. The van der Waals surface area contributed by atoms with Gasteiger partial charge in [-0.15, -0.1) is 0 Å². The smallest absolute Gasteiger partial charge is 0.354 e. The standard InChI is InChI=1S/C19H21F3N4O2S/c20-19(21,22)17-12-18(24-13-23-17)25-7-9-26(10-8-25)29(27,28)16-6-5-14-3-1-2-4-15(14)11-16/h5-6,11-13H,1-4,7-10H2. The van der Waals surface area contributed by atoms with Crippen molar-refractivity contribution in [3.8, 4) is 0 Å². The number of nitrogens with zero attached hydrogens (tertiary/aromatic N) is 4. The van der Waals surface area contributed by atoms with E-state index in [4.69, 9.17) is 0 Å². The summed E-state index contributed by atoms with van der Waals surface area (Å²) in [5, 5.41) is 0. The molecule has 0 amide bonds. The van der Waals surface area contributed by atoms with E-state index < -0.39 is 21.9 Å². The molecule has 1 fully saturated rings. The van der Waals surface area contributed by atoms with Gasteiger partial charge in [0.25, 0.3) is 0 Å². The number of aromatic nitrogens is 2. The van der Waals surface area contributed by atoms with E-state index in [9.17, 15) is 21.6 Å². The van der Waals surface area contributed by atoms with Gasteiger partial charge in [-0.3, -0.25) is 0 Å². The van der Waals surface area contributed by atoms with E-state index in [2.05, 4.69) is 9.97 Å². The van der Waals surface area contributed by atoms with Gasteiger partial charge in [0.1, 0.15) is 17.8 Å². The van der Waals surface area contributed by atoms with Crippen LogP contribution in [-0.2, 0) is 29.0 Å². The van der Waals surface area contributed by atoms with Crippen molar-refractivity contribution in [1.82, 2.24) is 14.3 Å². The van der Waals surface area contributed by atoms with Gasteiger partial charge in [0, 0.05) is 32.2 Å². The van der Waals surface area contributed by atoms with Crippen LogP contribution in [0.3, 0.4) is 0 Å². The van der Waals surface area contributed by atoms with E-state index in [0.29, 0.717) is 0 Å². The minimum absolute atomic E-state index is 0.151. The number of fused-ring (bicyclic) bond motifs is 1. The summed E-state index contributed by atoms with van der Waals surface area (Å²) in [7, 11) is -3.64. The van der Waals surface area contributed by atoms with Crippen LogP contribution in [0.1, 0.15) is 29.7 Å². The van der Waals surface area contributed by atoms with Gasteiger partial charge in [-0.1, -0.05) is 6.07 Å². The van der Waals surface area contributed by atoms with Crippen LogP contribution in [0.15, 0.2) is 35.5 Å². The molecule has 1 saturated heterocycles. The molecule has 0 radical (unpaired) electrons. The second kappa shape index (κ2) is 7.56. The molecule has 0 N–H and O–H groups in total. The molecule has 0 saturated carbocycles. The third-order valence-corrected chi connectivity index (χ3v) is 7.36. The number of halogens is 3. The van der Waals surface area contributed by atoms with E-state index in [1.165, 1.54) is 9.87 Å². The van der Waals surface area contributed by atoms with Gasteiger partial charge in [0.05, 0.1) is 4.90 Å². The second-order valence-corrected chi connectivity index (χ2v) is 9.23. The maximum atomic E-state index is 13.0. The largest absolute Gasteiger partial charge is 0.433 e. The highest BCUT2D eigenvalue weighted by atomic mass is 32.2. The maximum Gasteiger partial charge on any atom is 0.433 e. The van der Waals surface area contributed by atoms with Crippen LogP contribution in [0.2, 0.25) is 0 Å². The molecule has 4 rings (SSSR count). The topological polar surface area (TPSA) is 66.4 Å². The zero-order valence-corrected chi connectivity index (χ0v) is 16.5. The molecule has 2 heterocycles. The Balaban J connectivity index is 1.48. The lowest BCUT2D eigenvalue weighted by molar-refractivity contribution is -0.141. The number of sulfonamides is 1. The van der Waals surface area contributed by atoms with E-state index in [1.807, 2.05) is 6.07 Å². The van der Waals surface area contributed by atoms with Crippen LogP contribution in [0, 0.1) is 0 Å². The first-order chi connectivity index (χ1) is 13.7. The zero-order chi connectivity index (χ0) is 20.6. The van der Waals surface area contributed by atoms with Crippen molar-refractivity contribution < 1.29 is 21.6 Å². The number of piperazine rings is 1. The summed E-state index contributed by atoms with van der Waals surface area (Å²) in [4.78, 5) is 9.12. The number of benzene rings is 1. The van der Waals surface area contributed by atoms with Crippen molar-refractivity contribution in [1.29, 1.82) is 0 Å². The summed E-state index contributed by atoms with van der Waals surface area (Å²) in [6.07, 6.45) is 0.396. The number of aryl methyl sites for hydroxylation is 2. The van der Waals surface area contributed by atoms with Gasteiger partial charge in [0.2, 0.25) is 10.0 Å². The minimum atomic E-state index is -4.55. The number of hydrogen-bond donors (Lipinski definition) is 0. The first kappa shape index (κ1) is 20.1. The van der Waals surface area contributed by atoms with Crippen molar-refractivity contribution >= 4 is 15.8 Å². The molecular weight excluding hydrogens is 405 g/mol. The third-order valence-electron chi connectivity index (χ3n) is 5.46. The number of alkyl halides is 3. The van der Waals surface area contributed by atoms with Crippen molar-refractivity contribution in [2.24, 2.45) is 0 Å². The van der Waals surface area contributed by atoms with E-state index in [1.54, 1.807) is 17.0 Å². The molecule has 2 aromatic rings. The fraction of sp³-hybridized carbons (Fsp3) is 0.474.